The lowest BCUT2D eigenvalue weighted by Crippen LogP contribution is -2.49. The topological polar surface area (TPSA) is 105 Å². The van der Waals surface area contributed by atoms with E-state index in [2.05, 4.69) is 4.74 Å². The summed E-state index contributed by atoms with van der Waals surface area (Å²) in [4.78, 5) is 37.7. The van der Waals surface area contributed by atoms with Crippen molar-refractivity contribution in [2.45, 2.75) is 38.3 Å². The van der Waals surface area contributed by atoms with Crippen molar-refractivity contribution in [1.29, 1.82) is 0 Å². The van der Waals surface area contributed by atoms with E-state index < -0.39 is 30.6 Å². The molecule has 26 heavy (non-hydrogen) atoms. The van der Waals surface area contributed by atoms with E-state index >= 15 is 0 Å². The standard InChI is InChI=1S/C17H25O8P/c1-5-24-26(21,25-6-2)17(12-8-7-11(9-12)15(17)19)13(16(20)23-4)10-14(18)22-3/h10-12H,5-9H2,1-4H3/b13-10+/t11-,12+,17?/m0/s1. The van der Waals surface area contributed by atoms with Gasteiger partial charge in [0.25, 0.3) is 0 Å². The number of esters is 2. The van der Waals surface area contributed by atoms with Gasteiger partial charge in [-0.05, 0) is 39.0 Å². The Morgan fingerprint density at radius 3 is 2.19 bits per heavy atom. The van der Waals surface area contributed by atoms with Gasteiger partial charge in [0.15, 0.2) is 10.9 Å². The van der Waals surface area contributed by atoms with Crippen LogP contribution in [0.15, 0.2) is 11.6 Å². The third-order valence-corrected chi connectivity index (χ3v) is 7.97. The van der Waals surface area contributed by atoms with E-state index in [-0.39, 0.29) is 30.5 Å². The molecule has 1 unspecified atom stereocenters. The molecule has 0 N–H and O–H groups in total. The molecule has 2 rings (SSSR count). The molecule has 0 saturated heterocycles. The highest BCUT2D eigenvalue weighted by molar-refractivity contribution is 7.57. The highest BCUT2D eigenvalue weighted by Gasteiger charge is 2.71. The van der Waals surface area contributed by atoms with Crippen molar-refractivity contribution in [3.63, 3.8) is 0 Å². The quantitative estimate of drug-likeness (QED) is 0.354. The van der Waals surface area contributed by atoms with Crippen LogP contribution in [0.1, 0.15) is 33.1 Å². The maximum Gasteiger partial charge on any atom is 0.349 e. The molecule has 0 heterocycles. The molecule has 0 radical (unpaired) electrons. The maximum absolute atomic E-state index is 13.8. The van der Waals surface area contributed by atoms with Crippen molar-refractivity contribution in [1.82, 2.24) is 0 Å². The van der Waals surface area contributed by atoms with Gasteiger partial charge in [0.2, 0.25) is 0 Å². The number of hydrogen-bond acceptors (Lipinski definition) is 8. The van der Waals surface area contributed by atoms with Crippen LogP contribution in [0, 0.1) is 11.8 Å². The molecule has 3 atom stereocenters. The molecule has 0 aromatic carbocycles. The second kappa shape index (κ2) is 8.03. The molecule has 0 aromatic heterocycles. The summed E-state index contributed by atoms with van der Waals surface area (Å²) in [6.45, 7) is 3.30. The van der Waals surface area contributed by atoms with Gasteiger partial charge in [0.1, 0.15) is 0 Å². The van der Waals surface area contributed by atoms with E-state index in [9.17, 15) is 18.9 Å². The molecule has 2 aliphatic carbocycles. The monoisotopic (exact) mass is 388 g/mol. The molecule has 0 aliphatic heterocycles. The van der Waals surface area contributed by atoms with Crippen LogP contribution in [-0.4, -0.2) is 50.3 Å². The van der Waals surface area contributed by atoms with E-state index in [0.29, 0.717) is 19.3 Å². The van der Waals surface area contributed by atoms with Crippen molar-refractivity contribution >= 4 is 25.3 Å². The molecular formula is C17H25O8P. The van der Waals surface area contributed by atoms with Crippen molar-refractivity contribution < 1.29 is 37.5 Å². The van der Waals surface area contributed by atoms with Crippen LogP contribution < -0.4 is 0 Å². The fourth-order valence-electron chi connectivity index (χ4n) is 4.16. The Kier molecular flexibility index (Phi) is 6.42. The Bertz CT molecular complexity index is 660. The minimum absolute atomic E-state index is 0.0242. The number of methoxy groups -OCH3 is 2. The number of ether oxygens (including phenoxy) is 2. The number of rotatable bonds is 8. The van der Waals surface area contributed by atoms with Crippen molar-refractivity contribution in [3.05, 3.63) is 11.6 Å². The van der Waals surface area contributed by atoms with Gasteiger partial charge in [-0.2, -0.15) is 0 Å². The van der Waals surface area contributed by atoms with Gasteiger partial charge in [-0.15, -0.1) is 0 Å². The molecular weight excluding hydrogens is 363 g/mol. The van der Waals surface area contributed by atoms with Gasteiger partial charge >= 0.3 is 19.5 Å². The molecule has 0 aromatic rings. The van der Waals surface area contributed by atoms with Gasteiger partial charge in [-0.3, -0.25) is 9.36 Å². The summed E-state index contributed by atoms with van der Waals surface area (Å²) in [6.07, 6.45) is 2.58. The van der Waals surface area contributed by atoms with E-state index in [1.54, 1.807) is 13.8 Å². The number of fused-ring (bicyclic) bond motifs is 2. The van der Waals surface area contributed by atoms with Crippen molar-refractivity contribution in [2.75, 3.05) is 27.4 Å². The fraction of sp³-hybridized carbons (Fsp3) is 0.706. The molecule has 2 aliphatic rings. The number of carbonyl (C=O) groups is 3. The second-order valence-electron chi connectivity index (χ2n) is 6.24. The molecule has 2 saturated carbocycles. The Morgan fingerprint density at radius 1 is 1.15 bits per heavy atom. The molecule has 0 amide bonds. The van der Waals surface area contributed by atoms with Gasteiger partial charge < -0.3 is 18.5 Å². The zero-order valence-electron chi connectivity index (χ0n) is 15.5. The summed E-state index contributed by atoms with van der Waals surface area (Å²) in [7, 11) is -1.84. The Balaban J connectivity index is 2.77. The average molecular weight is 388 g/mol. The lowest BCUT2D eigenvalue weighted by atomic mass is 9.80. The summed E-state index contributed by atoms with van der Waals surface area (Å²) in [5.41, 5.74) is -0.311. The highest BCUT2D eigenvalue weighted by Crippen LogP contribution is 2.73. The van der Waals surface area contributed by atoms with Crippen LogP contribution in [0.3, 0.4) is 0 Å². The lowest BCUT2D eigenvalue weighted by Gasteiger charge is -2.41. The molecule has 2 fully saturated rings. The first-order chi connectivity index (χ1) is 12.3. The maximum atomic E-state index is 13.8. The van der Waals surface area contributed by atoms with Crippen LogP contribution >= 0.6 is 7.60 Å². The number of ketones is 1. The smallest absolute Gasteiger partial charge is 0.349 e. The van der Waals surface area contributed by atoms with Gasteiger partial charge in [0.05, 0.1) is 33.0 Å². The van der Waals surface area contributed by atoms with Gasteiger partial charge in [-0.1, -0.05) is 0 Å². The van der Waals surface area contributed by atoms with E-state index in [4.69, 9.17) is 13.8 Å². The molecule has 8 nitrogen and oxygen atoms in total. The van der Waals surface area contributed by atoms with Crippen LogP contribution in [0.2, 0.25) is 0 Å². The first-order valence-corrected chi connectivity index (χ1v) is 10.2. The SMILES string of the molecule is CCOP(=O)(OCC)C1(/C(=C/C(=O)OC)C(=O)OC)C(=O)[C@H]2CC[C@@H]1C2. The summed E-state index contributed by atoms with van der Waals surface area (Å²) >= 11 is 0. The Labute approximate surface area is 152 Å². The number of carbonyl (C=O) groups excluding carboxylic acids is 3. The predicted molar refractivity (Wildman–Crippen MR) is 91.5 cm³/mol. The third kappa shape index (κ3) is 3.04. The average Bonchev–Trinajstić information content (AvgIpc) is 3.20. The second-order valence-corrected chi connectivity index (χ2v) is 8.46. The van der Waals surface area contributed by atoms with Crippen molar-refractivity contribution in [2.24, 2.45) is 11.8 Å². The molecule has 2 bridgehead atoms. The van der Waals surface area contributed by atoms with Gasteiger partial charge in [-0.25, -0.2) is 9.59 Å². The Morgan fingerprint density at radius 2 is 1.77 bits per heavy atom. The first kappa shape index (κ1) is 20.8. The van der Waals surface area contributed by atoms with Crippen LogP contribution in [0.4, 0.5) is 0 Å². The first-order valence-electron chi connectivity index (χ1n) is 8.64. The number of Topliss-reactive ketones (excluding diaryl/α,β-unsaturated/α-hetero) is 1. The lowest BCUT2D eigenvalue weighted by molar-refractivity contribution is -0.140. The largest absolute Gasteiger partial charge is 0.466 e. The van der Waals surface area contributed by atoms with Crippen LogP contribution in [0.25, 0.3) is 0 Å². The molecule has 146 valence electrons. The molecule has 9 heteroatoms. The summed E-state index contributed by atoms with van der Waals surface area (Å²) < 4.78 is 34.2. The van der Waals surface area contributed by atoms with E-state index in [1.165, 1.54) is 0 Å². The summed E-state index contributed by atoms with van der Waals surface area (Å²) in [5, 5.41) is -1.84. The highest BCUT2D eigenvalue weighted by atomic mass is 31.2. The minimum atomic E-state index is -4.11. The molecule has 0 spiro atoms. The van der Waals surface area contributed by atoms with Gasteiger partial charge in [0, 0.05) is 12.0 Å². The number of hydrogen-bond donors (Lipinski definition) is 0. The van der Waals surface area contributed by atoms with E-state index in [0.717, 1.165) is 20.3 Å². The van der Waals surface area contributed by atoms with Crippen LogP contribution in [-0.2, 0) is 37.5 Å². The zero-order chi connectivity index (χ0) is 19.5. The fourth-order valence-corrected chi connectivity index (χ4v) is 6.91. The predicted octanol–water partition coefficient (Wildman–Crippen LogP) is 2.26. The third-order valence-electron chi connectivity index (χ3n) is 5.08. The Hall–Kier alpha value is -1.50. The normalized spacial score (nSPS) is 28.3. The van der Waals surface area contributed by atoms with Crippen LogP contribution in [0.5, 0.6) is 0 Å². The zero-order valence-corrected chi connectivity index (χ0v) is 16.4. The van der Waals surface area contributed by atoms with Crippen molar-refractivity contribution in [3.8, 4) is 0 Å². The summed E-state index contributed by atoms with van der Waals surface area (Å²) in [6, 6.07) is 0. The summed E-state index contributed by atoms with van der Waals surface area (Å²) in [5.74, 6) is -2.94. The minimum Gasteiger partial charge on any atom is -0.466 e. The van der Waals surface area contributed by atoms with E-state index in [1.807, 2.05) is 0 Å².